The van der Waals surface area contributed by atoms with Crippen molar-refractivity contribution in [3.05, 3.63) is 18.0 Å². The molecule has 5 heteroatoms. The Hall–Kier alpha value is -1.36. The second-order valence-electron chi connectivity index (χ2n) is 2.75. The van der Waals surface area contributed by atoms with Crippen molar-refractivity contribution >= 4 is 5.97 Å². The van der Waals surface area contributed by atoms with Crippen LogP contribution in [0.5, 0.6) is 0 Å². The van der Waals surface area contributed by atoms with Crippen molar-refractivity contribution in [3.63, 3.8) is 0 Å². The predicted molar refractivity (Wildman–Crippen MR) is 47.7 cm³/mol. The first-order valence-electron chi connectivity index (χ1n) is 4.14. The normalized spacial score (nSPS) is 10.2. The summed E-state index contributed by atoms with van der Waals surface area (Å²) in [6.45, 7) is 1.65. The van der Waals surface area contributed by atoms with Gasteiger partial charge in [-0.05, 0) is 20.0 Å². The fourth-order valence-corrected chi connectivity index (χ4v) is 1.01. The quantitative estimate of drug-likeness (QED) is 0.639. The number of hydrogen-bond acceptors (Lipinski definition) is 3. The van der Waals surface area contributed by atoms with E-state index < -0.39 is 5.97 Å². The smallest absolute Gasteiger partial charge is 0.338 e. The molecule has 0 aliphatic rings. The van der Waals surface area contributed by atoms with Gasteiger partial charge < -0.3 is 10.4 Å². The zero-order valence-corrected chi connectivity index (χ0v) is 7.53. The van der Waals surface area contributed by atoms with Gasteiger partial charge in [0.05, 0.1) is 11.8 Å². The molecule has 0 spiro atoms. The fraction of sp³-hybridized carbons (Fsp3) is 0.500. The summed E-state index contributed by atoms with van der Waals surface area (Å²) >= 11 is 0. The van der Waals surface area contributed by atoms with Crippen LogP contribution in [-0.2, 0) is 6.54 Å². The van der Waals surface area contributed by atoms with E-state index in [4.69, 9.17) is 5.11 Å². The van der Waals surface area contributed by atoms with Gasteiger partial charge in [-0.15, -0.1) is 0 Å². The number of nitrogens with one attached hydrogen (secondary N) is 1. The molecule has 0 aliphatic heterocycles. The maximum atomic E-state index is 10.5. The molecule has 0 aliphatic carbocycles. The molecule has 0 saturated carbocycles. The van der Waals surface area contributed by atoms with Crippen LogP contribution in [-0.4, -0.2) is 34.4 Å². The number of aryl methyl sites for hydroxylation is 1. The van der Waals surface area contributed by atoms with Crippen molar-refractivity contribution in [3.8, 4) is 0 Å². The molecule has 1 heterocycles. The van der Waals surface area contributed by atoms with Crippen LogP contribution in [0.4, 0.5) is 0 Å². The molecular weight excluding hydrogens is 170 g/mol. The topological polar surface area (TPSA) is 67.2 Å². The molecule has 0 saturated heterocycles. The van der Waals surface area contributed by atoms with E-state index in [1.165, 1.54) is 12.4 Å². The van der Waals surface area contributed by atoms with E-state index >= 15 is 0 Å². The maximum absolute atomic E-state index is 10.5. The number of carboxylic acids is 1. The number of hydrogen-bond donors (Lipinski definition) is 2. The lowest BCUT2D eigenvalue weighted by Gasteiger charge is -1.99. The van der Waals surface area contributed by atoms with Crippen molar-refractivity contribution in [2.24, 2.45) is 0 Å². The Labute approximate surface area is 76.4 Å². The van der Waals surface area contributed by atoms with Crippen molar-refractivity contribution in [2.45, 2.75) is 13.0 Å². The second-order valence-corrected chi connectivity index (χ2v) is 2.75. The highest BCUT2D eigenvalue weighted by atomic mass is 16.4. The standard InChI is InChI=1S/C8H13N3O2/c1-9-3-2-4-11-6-7(5-10-11)8(12)13/h5-6,9H,2-4H2,1H3,(H,12,13). The number of aromatic nitrogens is 2. The summed E-state index contributed by atoms with van der Waals surface area (Å²) in [7, 11) is 1.88. The third-order valence-corrected chi connectivity index (χ3v) is 1.69. The minimum absolute atomic E-state index is 0.240. The van der Waals surface area contributed by atoms with Crippen LogP contribution in [0.3, 0.4) is 0 Å². The first-order chi connectivity index (χ1) is 6.24. The largest absolute Gasteiger partial charge is 0.478 e. The third kappa shape index (κ3) is 2.87. The lowest BCUT2D eigenvalue weighted by molar-refractivity contribution is 0.0697. The van der Waals surface area contributed by atoms with E-state index in [0.29, 0.717) is 0 Å². The van der Waals surface area contributed by atoms with Crippen molar-refractivity contribution < 1.29 is 9.90 Å². The number of aromatic carboxylic acids is 1. The number of carboxylic acid groups (broad SMARTS) is 1. The highest BCUT2D eigenvalue weighted by Gasteiger charge is 2.04. The van der Waals surface area contributed by atoms with Crippen LogP contribution in [0.1, 0.15) is 16.8 Å². The minimum atomic E-state index is -0.931. The Morgan fingerprint density at radius 3 is 3.08 bits per heavy atom. The zero-order chi connectivity index (χ0) is 9.68. The molecule has 13 heavy (non-hydrogen) atoms. The highest BCUT2D eigenvalue weighted by molar-refractivity contribution is 5.86. The molecule has 1 aromatic heterocycles. The highest BCUT2D eigenvalue weighted by Crippen LogP contribution is 1.97. The molecule has 2 N–H and O–H groups in total. The van der Waals surface area contributed by atoms with E-state index in [-0.39, 0.29) is 5.56 Å². The third-order valence-electron chi connectivity index (χ3n) is 1.69. The summed E-state index contributed by atoms with van der Waals surface area (Å²) in [6, 6.07) is 0. The van der Waals surface area contributed by atoms with E-state index in [1.807, 2.05) is 7.05 Å². The van der Waals surface area contributed by atoms with Crippen LogP contribution in [0, 0.1) is 0 Å². The lowest BCUT2D eigenvalue weighted by atomic mass is 10.4. The van der Waals surface area contributed by atoms with Crippen LogP contribution in [0.2, 0.25) is 0 Å². The van der Waals surface area contributed by atoms with Gasteiger partial charge in [-0.3, -0.25) is 4.68 Å². The van der Waals surface area contributed by atoms with E-state index in [2.05, 4.69) is 10.4 Å². The van der Waals surface area contributed by atoms with Gasteiger partial charge in [0.25, 0.3) is 0 Å². The van der Waals surface area contributed by atoms with Crippen molar-refractivity contribution in [2.75, 3.05) is 13.6 Å². The van der Waals surface area contributed by atoms with Gasteiger partial charge in [-0.25, -0.2) is 4.79 Å². The molecule has 1 aromatic rings. The summed E-state index contributed by atoms with van der Waals surface area (Å²) in [5.74, 6) is -0.931. The van der Waals surface area contributed by atoms with Crippen LogP contribution >= 0.6 is 0 Å². The first kappa shape index (κ1) is 9.73. The van der Waals surface area contributed by atoms with Crippen LogP contribution in [0.15, 0.2) is 12.4 Å². The summed E-state index contributed by atoms with van der Waals surface area (Å²) in [4.78, 5) is 10.5. The molecule has 0 radical (unpaired) electrons. The number of nitrogens with zero attached hydrogens (tertiary/aromatic N) is 2. The van der Waals surface area contributed by atoms with Gasteiger partial charge >= 0.3 is 5.97 Å². The molecule has 0 aromatic carbocycles. The molecule has 5 nitrogen and oxygen atoms in total. The summed E-state index contributed by atoms with van der Waals surface area (Å²) in [5.41, 5.74) is 0.240. The van der Waals surface area contributed by atoms with Gasteiger partial charge in [-0.2, -0.15) is 5.10 Å². The van der Waals surface area contributed by atoms with Crippen LogP contribution in [0.25, 0.3) is 0 Å². The van der Waals surface area contributed by atoms with Crippen LogP contribution < -0.4 is 5.32 Å². The fourth-order valence-electron chi connectivity index (χ4n) is 1.01. The Balaban J connectivity index is 2.44. The zero-order valence-electron chi connectivity index (χ0n) is 7.53. The summed E-state index contributed by atoms with van der Waals surface area (Å²) in [5, 5.41) is 15.5. The molecular formula is C8H13N3O2. The summed E-state index contributed by atoms with van der Waals surface area (Å²) < 4.78 is 1.64. The molecule has 0 unspecified atom stereocenters. The molecule has 0 atom stereocenters. The van der Waals surface area contributed by atoms with Crippen molar-refractivity contribution in [1.82, 2.24) is 15.1 Å². The minimum Gasteiger partial charge on any atom is -0.478 e. The maximum Gasteiger partial charge on any atom is 0.338 e. The molecule has 0 fully saturated rings. The number of carbonyl (C=O) groups is 1. The number of rotatable bonds is 5. The molecule has 0 bridgehead atoms. The SMILES string of the molecule is CNCCCn1cc(C(=O)O)cn1. The molecule has 72 valence electrons. The van der Waals surface area contributed by atoms with Gasteiger partial charge in [-0.1, -0.05) is 0 Å². The summed E-state index contributed by atoms with van der Waals surface area (Å²) in [6.07, 6.45) is 3.84. The second kappa shape index (κ2) is 4.61. The van der Waals surface area contributed by atoms with E-state index in [9.17, 15) is 4.79 Å². The first-order valence-corrected chi connectivity index (χ1v) is 4.14. The van der Waals surface area contributed by atoms with E-state index in [0.717, 1.165) is 19.5 Å². The lowest BCUT2D eigenvalue weighted by Crippen LogP contribution is -2.11. The van der Waals surface area contributed by atoms with Crippen molar-refractivity contribution in [1.29, 1.82) is 0 Å². The van der Waals surface area contributed by atoms with E-state index in [1.54, 1.807) is 4.68 Å². The predicted octanol–water partition coefficient (Wildman–Crippen LogP) is 0.191. The average molecular weight is 183 g/mol. The average Bonchev–Trinajstić information content (AvgIpc) is 2.53. The molecule has 1 rings (SSSR count). The molecule has 0 amide bonds. The van der Waals surface area contributed by atoms with Gasteiger partial charge in [0.15, 0.2) is 0 Å². The van der Waals surface area contributed by atoms with Gasteiger partial charge in [0.1, 0.15) is 0 Å². The Morgan fingerprint density at radius 1 is 1.77 bits per heavy atom. The monoisotopic (exact) mass is 183 g/mol. The Bertz CT molecular complexity index is 283. The van der Waals surface area contributed by atoms with Gasteiger partial charge in [0.2, 0.25) is 0 Å². The van der Waals surface area contributed by atoms with Gasteiger partial charge in [0, 0.05) is 12.7 Å². The Kier molecular flexibility index (Phi) is 3.45. The Morgan fingerprint density at radius 2 is 2.54 bits per heavy atom.